The van der Waals surface area contributed by atoms with E-state index in [0.717, 1.165) is 0 Å². The zero-order valence-electron chi connectivity index (χ0n) is 12.3. The molecular weight excluding hydrogens is 280 g/mol. The normalized spacial score (nSPS) is 13.5. The summed E-state index contributed by atoms with van der Waals surface area (Å²) in [6.07, 6.45) is 0. The van der Waals surface area contributed by atoms with Gasteiger partial charge in [-0.25, -0.2) is 4.79 Å². The lowest BCUT2D eigenvalue weighted by molar-refractivity contribution is -0.146. The number of carbonyl (C=O) groups excluding carboxylic acids is 3. The third kappa shape index (κ3) is 6.21. The molecule has 20 heavy (non-hydrogen) atoms. The molecule has 0 saturated heterocycles. The summed E-state index contributed by atoms with van der Waals surface area (Å²) in [5, 5.41) is 1.49. The van der Waals surface area contributed by atoms with Gasteiger partial charge in [0.15, 0.2) is 6.04 Å². The van der Waals surface area contributed by atoms with E-state index in [9.17, 15) is 14.4 Å². The predicted octanol–water partition coefficient (Wildman–Crippen LogP) is 0.811. The lowest BCUT2D eigenvalue weighted by atomic mass is 10.1. The molecule has 0 heterocycles. The van der Waals surface area contributed by atoms with Crippen molar-refractivity contribution in [2.75, 3.05) is 6.61 Å². The molecule has 6 nitrogen and oxygen atoms in total. The summed E-state index contributed by atoms with van der Waals surface area (Å²) in [7, 11) is 0. The molecule has 0 aliphatic heterocycles. The molecule has 114 valence electrons. The molecule has 0 aliphatic rings. The van der Waals surface area contributed by atoms with Crippen LogP contribution in [0.4, 0.5) is 0 Å². The monoisotopic (exact) mass is 302 g/mol. The minimum absolute atomic E-state index is 0.0852. The van der Waals surface area contributed by atoms with Crippen LogP contribution in [0.5, 0.6) is 0 Å². The molecule has 0 saturated carbocycles. The first-order valence-electron chi connectivity index (χ1n) is 6.30. The highest BCUT2D eigenvalue weighted by Gasteiger charge is 2.32. The molecule has 0 radical (unpaired) electrons. The number of hydrogen-bond acceptors (Lipinski definition) is 7. The van der Waals surface area contributed by atoms with Crippen LogP contribution >= 0.6 is 11.8 Å². The van der Waals surface area contributed by atoms with Crippen LogP contribution < -0.4 is 11.1 Å². The third-order valence-corrected chi connectivity index (χ3v) is 3.25. The van der Waals surface area contributed by atoms with Gasteiger partial charge in [-0.15, -0.1) is 0 Å². The highest BCUT2D eigenvalue weighted by Crippen LogP contribution is 2.15. The standard InChI is InChI=1S/C13H22N2O4S/c1-6-19-11(16)10(15-8(4)5)13(18)20-12(17)9(14)7(2)3/h7,9-10,15H,4,6,14H2,1-3,5H3. The van der Waals surface area contributed by atoms with Crippen molar-refractivity contribution in [3.63, 3.8) is 0 Å². The Morgan fingerprint density at radius 3 is 2.25 bits per heavy atom. The average molecular weight is 302 g/mol. The molecule has 0 aromatic heterocycles. The summed E-state index contributed by atoms with van der Waals surface area (Å²) in [6.45, 7) is 10.5. The van der Waals surface area contributed by atoms with E-state index in [4.69, 9.17) is 10.5 Å². The third-order valence-electron chi connectivity index (χ3n) is 2.34. The predicted molar refractivity (Wildman–Crippen MR) is 78.8 cm³/mol. The molecule has 0 rings (SSSR count). The molecule has 3 N–H and O–H groups in total. The smallest absolute Gasteiger partial charge is 0.337 e. The van der Waals surface area contributed by atoms with Gasteiger partial charge in [-0.2, -0.15) is 0 Å². The van der Waals surface area contributed by atoms with Gasteiger partial charge in [-0.1, -0.05) is 20.4 Å². The zero-order chi connectivity index (χ0) is 15.9. The molecule has 0 fully saturated rings. The Morgan fingerprint density at radius 1 is 1.30 bits per heavy atom. The van der Waals surface area contributed by atoms with E-state index in [0.29, 0.717) is 17.5 Å². The van der Waals surface area contributed by atoms with Crippen molar-refractivity contribution < 1.29 is 19.1 Å². The first-order valence-corrected chi connectivity index (χ1v) is 7.12. The second-order valence-corrected chi connectivity index (χ2v) is 5.63. The van der Waals surface area contributed by atoms with E-state index in [-0.39, 0.29) is 12.5 Å². The van der Waals surface area contributed by atoms with Gasteiger partial charge in [-0.05, 0) is 31.5 Å². The van der Waals surface area contributed by atoms with Gasteiger partial charge in [0.25, 0.3) is 0 Å². The van der Waals surface area contributed by atoms with Crippen molar-refractivity contribution in [1.29, 1.82) is 0 Å². The number of ether oxygens (including phenoxy) is 1. The fourth-order valence-electron chi connectivity index (χ4n) is 1.18. The van der Waals surface area contributed by atoms with Crippen LogP contribution in [0.2, 0.25) is 0 Å². The van der Waals surface area contributed by atoms with Crippen LogP contribution in [0.25, 0.3) is 0 Å². The zero-order valence-corrected chi connectivity index (χ0v) is 13.1. The van der Waals surface area contributed by atoms with Crippen molar-refractivity contribution in [1.82, 2.24) is 5.32 Å². The van der Waals surface area contributed by atoms with Gasteiger partial charge >= 0.3 is 5.97 Å². The van der Waals surface area contributed by atoms with Crippen molar-refractivity contribution in [3.8, 4) is 0 Å². The molecule has 2 unspecified atom stereocenters. The molecule has 0 aromatic rings. The first-order chi connectivity index (χ1) is 9.20. The van der Waals surface area contributed by atoms with Crippen LogP contribution in [-0.2, 0) is 19.1 Å². The van der Waals surface area contributed by atoms with Gasteiger partial charge in [0.1, 0.15) is 0 Å². The van der Waals surface area contributed by atoms with E-state index in [1.807, 2.05) is 0 Å². The maximum atomic E-state index is 12.0. The number of allylic oxidation sites excluding steroid dienone is 1. The fraction of sp³-hybridized carbons (Fsp3) is 0.615. The Morgan fingerprint density at radius 2 is 1.85 bits per heavy atom. The number of esters is 1. The minimum Gasteiger partial charge on any atom is -0.464 e. The summed E-state index contributed by atoms with van der Waals surface area (Å²) < 4.78 is 4.80. The topological polar surface area (TPSA) is 98.5 Å². The maximum absolute atomic E-state index is 12.0. The molecule has 0 spiro atoms. The van der Waals surface area contributed by atoms with Gasteiger partial charge in [0, 0.05) is 5.70 Å². The summed E-state index contributed by atoms with van der Waals surface area (Å²) in [5.41, 5.74) is 6.10. The minimum atomic E-state index is -1.25. The first kappa shape index (κ1) is 18.7. The van der Waals surface area contributed by atoms with Crippen molar-refractivity contribution in [2.45, 2.75) is 39.8 Å². The largest absolute Gasteiger partial charge is 0.464 e. The maximum Gasteiger partial charge on any atom is 0.337 e. The van der Waals surface area contributed by atoms with E-state index in [1.54, 1.807) is 27.7 Å². The number of thioether (sulfide) groups is 1. The Bertz CT molecular complexity index is 396. The molecule has 0 aliphatic carbocycles. The summed E-state index contributed by atoms with van der Waals surface area (Å²) in [4.78, 5) is 35.5. The highest BCUT2D eigenvalue weighted by molar-refractivity contribution is 8.26. The highest BCUT2D eigenvalue weighted by atomic mass is 32.2. The van der Waals surface area contributed by atoms with Crippen LogP contribution in [0.15, 0.2) is 12.3 Å². The molecule has 2 atom stereocenters. The van der Waals surface area contributed by atoms with Crippen LogP contribution in [0, 0.1) is 5.92 Å². The number of hydrogen-bond donors (Lipinski definition) is 2. The Balaban J connectivity index is 4.83. The van der Waals surface area contributed by atoms with E-state index in [2.05, 4.69) is 11.9 Å². The molecule has 0 bridgehead atoms. The summed E-state index contributed by atoms with van der Waals surface area (Å²) in [6, 6.07) is -2.00. The lowest BCUT2D eigenvalue weighted by Gasteiger charge is -2.18. The quantitative estimate of drug-likeness (QED) is 0.530. The van der Waals surface area contributed by atoms with Gasteiger partial charge in [0.05, 0.1) is 12.6 Å². The van der Waals surface area contributed by atoms with Crippen molar-refractivity contribution >= 4 is 28.0 Å². The van der Waals surface area contributed by atoms with E-state index >= 15 is 0 Å². The van der Waals surface area contributed by atoms with E-state index in [1.165, 1.54) is 0 Å². The number of nitrogens with two attached hydrogens (primary N) is 1. The van der Waals surface area contributed by atoms with E-state index < -0.39 is 28.3 Å². The van der Waals surface area contributed by atoms with Crippen molar-refractivity contribution in [3.05, 3.63) is 12.3 Å². The summed E-state index contributed by atoms with van der Waals surface area (Å²) in [5.74, 6) is -0.822. The number of rotatable bonds is 7. The molecule has 0 amide bonds. The second kappa shape index (κ2) is 8.76. The molecular formula is C13H22N2O4S. The number of carbonyl (C=O) groups is 3. The van der Waals surface area contributed by atoms with Crippen molar-refractivity contribution in [2.24, 2.45) is 11.7 Å². The van der Waals surface area contributed by atoms with Crippen LogP contribution in [0.3, 0.4) is 0 Å². The average Bonchev–Trinajstić information content (AvgIpc) is 2.34. The van der Waals surface area contributed by atoms with Gasteiger partial charge < -0.3 is 15.8 Å². The Hall–Kier alpha value is -1.34. The Kier molecular flexibility index (Phi) is 8.17. The van der Waals surface area contributed by atoms with Crippen LogP contribution in [0.1, 0.15) is 27.7 Å². The second-order valence-electron chi connectivity index (χ2n) is 4.62. The van der Waals surface area contributed by atoms with Gasteiger partial charge in [-0.3, -0.25) is 9.59 Å². The number of nitrogens with one attached hydrogen (secondary N) is 1. The van der Waals surface area contributed by atoms with Crippen LogP contribution in [-0.4, -0.2) is 34.9 Å². The Labute approximate surface area is 123 Å². The lowest BCUT2D eigenvalue weighted by Crippen LogP contribution is -2.44. The molecule has 7 heteroatoms. The SMILES string of the molecule is C=C(C)NC(C(=O)OCC)C(=O)SC(=O)C(N)C(C)C. The fourth-order valence-corrected chi connectivity index (χ4v) is 2.06. The summed E-state index contributed by atoms with van der Waals surface area (Å²) >= 11 is 0.433. The van der Waals surface area contributed by atoms with Gasteiger partial charge in [0.2, 0.25) is 10.2 Å². The molecule has 0 aromatic carbocycles.